The summed E-state index contributed by atoms with van der Waals surface area (Å²) in [6, 6.07) is 0.952. The summed E-state index contributed by atoms with van der Waals surface area (Å²) in [6.07, 6.45) is 13.1. The van der Waals surface area contributed by atoms with Crippen molar-refractivity contribution in [2.75, 3.05) is 5.32 Å². The van der Waals surface area contributed by atoms with E-state index in [0.717, 1.165) is 24.4 Å². The number of carbonyl (C=O) groups excluding carboxylic acids is 1. The first-order valence-electron chi connectivity index (χ1n) is 7.53. The number of carbonyl (C=O) groups is 1. The Morgan fingerprint density at radius 1 is 1.45 bits per heavy atom. The number of aromatic nitrogens is 2. The molecule has 0 saturated heterocycles. The van der Waals surface area contributed by atoms with E-state index in [2.05, 4.69) is 27.9 Å². The monoisotopic (exact) mass is 272 g/mol. The summed E-state index contributed by atoms with van der Waals surface area (Å²) in [5, 5.41) is 10.8. The number of fused-ring (bicyclic) bond motifs is 1. The third-order valence-electron chi connectivity index (χ3n) is 4.60. The van der Waals surface area contributed by atoms with Gasteiger partial charge in [0.05, 0.1) is 11.9 Å². The summed E-state index contributed by atoms with van der Waals surface area (Å²) < 4.78 is 1.71. The highest BCUT2D eigenvalue weighted by molar-refractivity contribution is 5.76. The number of nitrogens with zero attached hydrogens (tertiary/aromatic N) is 2. The van der Waals surface area contributed by atoms with Crippen molar-refractivity contribution in [2.45, 2.75) is 44.3 Å². The standard InChI is InChI=1S/C15H20N4O/c20-15(18-11-4-5-11)9-19-8-12(7-16-19)17-14-6-10-2-1-3-13(10)14/h1,3,7-8,10-11,13-14,17H,2,4-6,9H2,(H,18,20). The molecule has 2 N–H and O–H groups in total. The lowest BCUT2D eigenvalue weighted by Gasteiger charge is -2.40. The van der Waals surface area contributed by atoms with Gasteiger partial charge in [0.1, 0.15) is 6.54 Å². The second kappa shape index (κ2) is 4.65. The quantitative estimate of drug-likeness (QED) is 0.799. The first kappa shape index (κ1) is 12.0. The fourth-order valence-corrected chi connectivity index (χ4v) is 3.27. The van der Waals surface area contributed by atoms with E-state index in [9.17, 15) is 4.79 Å². The van der Waals surface area contributed by atoms with Gasteiger partial charge in [-0.2, -0.15) is 5.10 Å². The zero-order valence-electron chi connectivity index (χ0n) is 11.5. The molecule has 0 aliphatic heterocycles. The summed E-state index contributed by atoms with van der Waals surface area (Å²) in [5.74, 6) is 1.60. The van der Waals surface area contributed by atoms with Crippen LogP contribution >= 0.6 is 0 Å². The molecule has 1 aromatic rings. The summed E-state index contributed by atoms with van der Waals surface area (Å²) in [6.45, 7) is 0.314. The number of rotatable bonds is 5. The van der Waals surface area contributed by atoms with Crippen molar-refractivity contribution in [2.24, 2.45) is 11.8 Å². The van der Waals surface area contributed by atoms with Crippen LogP contribution in [0.4, 0.5) is 5.69 Å². The van der Waals surface area contributed by atoms with Crippen molar-refractivity contribution in [1.82, 2.24) is 15.1 Å². The largest absolute Gasteiger partial charge is 0.379 e. The number of hydrogen-bond donors (Lipinski definition) is 2. The van der Waals surface area contributed by atoms with Crippen LogP contribution in [0.25, 0.3) is 0 Å². The molecular weight excluding hydrogens is 252 g/mol. The van der Waals surface area contributed by atoms with Crippen LogP contribution in [0.15, 0.2) is 24.5 Å². The fraction of sp³-hybridized carbons (Fsp3) is 0.600. The van der Waals surface area contributed by atoms with Crippen molar-refractivity contribution in [3.8, 4) is 0 Å². The van der Waals surface area contributed by atoms with E-state index in [1.807, 2.05) is 12.4 Å². The van der Waals surface area contributed by atoms with Crippen LogP contribution < -0.4 is 10.6 Å². The predicted molar refractivity (Wildman–Crippen MR) is 76.2 cm³/mol. The van der Waals surface area contributed by atoms with E-state index in [1.165, 1.54) is 12.8 Å². The van der Waals surface area contributed by atoms with Crippen molar-refractivity contribution < 1.29 is 4.79 Å². The molecule has 4 rings (SSSR count). The average Bonchev–Trinajstić information content (AvgIpc) is 2.96. The average molecular weight is 272 g/mol. The van der Waals surface area contributed by atoms with E-state index in [-0.39, 0.29) is 5.91 Å². The molecule has 106 valence electrons. The maximum Gasteiger partial charge on any atom is 0.241 e. The molecule has 0 spiro atoms. The van der Waals surface area contributed by atoms with Gasteiger partial charge in [-0.15, -0.1) is 0 Å². The number of anilines is 1. The van der Waals surface area contributed by atoms with Crippen LogP contribution in [0.1, 0.15) is 25.7 Å². The maximum absolute atomic E-state index is 11.7. The van der Waals surface area contributed by atoms with Gasteiger partial charge in [0.2, 0.25) is 5.91 Å². The van der Waals surface area contributed by atoms with E-state index < -0.39 is 0 Å². The zero-order valence-corrected chi connectivity index (χ0v) is 11.5. The third-order valence-corrected chi connectivity index (χ3v) is 4.60. The van der Waals surface area contributed by atoms with Gasteiger partial charge in [0.15, 0.2) is 0 Å². The molecule has 3 aliphatic carbocycles. The highest BCUT2D eigenvalue weighted by Gasteiger charge is 2.40. The van der Waals surface area contributed by atoms with E-state index in [0.29, 0.717) is 24.5 Å². The molecule has 0 aromatic carbocycles. The molecule has 2 fully saturated rings. The molecule has 5 heteroatoms. The van der Waals surface area contributed by atoms with Gasteiger partial charge in [-0.25, -0.2) is 0 Å². The van der Waals surface area contributed by atoms with Gasteiger partial charge < -0.3 is 10.6 Å². The number of hydrogen-bond acceptors (Lipinski definition) is 3. The molecule has 0 radical (unpaired) electrons. The predicted octanol–water partition coefficient (Wildman–Crippen LogP) is 1.54. The minimum atomic E-state index is 0.0598. The second-order valence-electron chi connectivity index (χ2n) is 6.26. The van der Waals surface area contributed by atoms with Gasteiger partial charge in [-0.3, -0.25) is 9.48 Å². The SMILES string of the molecule is O=C(Cn1cc(NC2CC3CC=CC32)cn1)NC1CC1. The molecular formula is C15H20N4O. The highest BCUT2D eigenvalue weighted by Crippen LogP contribution is 2.43. The Hall–Kier alpha value is -1.78. The minimum Gasteiger partial charge on any atom is -0.379 e. The fourth-order valence-electron chi connectivity index (χ4n) is 3.27. The lowest BCUT2D eigenvalue weighted by atomic mass is 9.71. The molecule has 3 unspecified atom stereocenters. The minimum absolute atomic E-state index is 0.0598. The summed E-state index contributed by atoms with van der Waals surface area (Å²) >= 11 is 0. The zero-order chi connectivity index (χ0) is 13.5. The smallest absolute Gasteiger partial charge is 0.241 e. The van der Waals surface area contributed by atoms with Crippen LogP contribution in [-0.2, 0) is 11.3 Å². The lowest BCUT2D eigenvalue weighted by Crippen LogP contribution is -2.43. The molecule has 0 bridgehead atoms. The first-order chi connectivity index (χ1) is 9.78. The second-order valence-corrected chi connectivity index (χ2v) is 6.26. The van der Waals surface area contributed by atoms with E-state index >= 15 is 0 Å². The Labute approximate surface area is 118 Å². The molecule has 1 heterocycles. The van der Waals surface area contributed by atoms with Crippen LogP contribution in [0.2, 0.25) is 0 Å². The number of allylic oxidation sites excluding steroid dienone is 1. The van der Waals surface area contributed by atoms with Crippen LogP contribution in [0.5, 0.6) is 0 Å². The Morgan fingerprint density at radius 3 is 3.15 bits per heavy atom. The Balaban J connectivity index is 1.31. The Bertz CT molecular complexity index is 546. The van der Waals surface area contributed by atoms with E-state index in [1.54, 1.807) is 4.68 Å². The van der Waals surface area contributed by atoms with Crippen molar-refractivity contribution in [3.63, 3.8) is 0 Å². The molecule has 1 amide bonds. The maximum atomic E-state index is 11.7. The Morgan fingerprint density at radius 2 is 2.35 bits per heavy atom. The summed E-state index contributed by atoms with van der Waals surface area (Å²) in [4.78, 5) is 11.7. The van der Waals surface area contributed by atoms with Gasteiger partial charge in [0.25, 0.3) is 0 Å². The molecule has 3 aliphatic rings. The number of nitrogens with one attached hydrogen (secondary N) is 2. The van der Waals surface area contributed by atoms with Gasteiger partial charge in [0, 0.05) is 24.2 Å². The van der Waals surface area contributed by atoms with Crippen molar-refractivity contribution in [3.05, 3.63) is 24.5 Å². The van der Waals surface area contributed by atoms with Crippen molar-refractivity contribution >= 4 is 11.6 Å². The Kier molecular flexibility index (Phi) is 2.79. The summed E-state index contributed by atoms with van der Waals surface area (Å²) in [7, 11) is 0. The van der Waals surface area contributed by atoms with Gasteiger partial charge >= 0.3 is 0 Å². The molecule has 2 saturated carbocycles. The third kappa shape index (κ3) is 2.32. The topological polar surface area (TPSA) is 59.0 Å². The highest BCUT2D eigenvalue weighted by atomic mass is 16.2. The van der Waals surface area contributed by atoms with Crippen LogP contribution in [0.3, 0.4) is 0 Å². The van der Waals surface area contributed by atoms with E-state index in [4.69, 9.17) is 0 Å². The van der Waals surface area contributed by atoms with Crippen molar-refractivity contribution in [1.29, 1.82) is 0 Å². The molecule has 20 heavy (non-hydrogen) atoms. The van der Waals surface area contributed by atoms with Gasteiger partial charge in [-0.05, 0) is 31.6 Å². The molecule has 1 aromatic heterocycles. The molecule has 5 nitrogen and oxygen atoms in total. The number of amides is 1. The first-order valence-corrected chi connectivity index (χ1v) is 7.53. The van der Waals surface area contributed by atoms with Crippen LogP contribution in [-0.4, -0.2) is 27.8 Å². The molecule has 3 atom stereocenters. The normalized spacial score (nSPS) is 30.7. The summed E-state index contributed by atoms with van der Waals surface area (Å²) in [5.41, 5.74) is 1.02. The lowest BCUT2D eigenvalue weighted by molar-refractivity contribution is -0.122. The van der Waals surface area contributed by atoms with Crippen LogP contribution in [0, 0.1) is 11.8 Å². The van der Waals surface area contributed by atoms with Gasteiger partial charge in [-0.1, -0.05) is 12.2 Å².